The monoisotopic (exact) mass is 282 g/mol. The van der Waals surface area contributed by atoms with Gasteiger partial charge < -0.3 is 15.4 Å². The van der Waals surface area contributed by atoms with Crippen LogP contribution in [0.25, 0.3) is 0 Å². The van der Waals surface area contributed by atoms with Gasteiger partial charge in [-0.15, -0.1) is 0 Å². The van der Waals surface area contributed by atoms with E-state index in [-0.39, 0.29) is 5.91 Å². The van der Waals surface area contributed by atoms with Gasteiger partial charge in [0.25, 0.3) is 5.91 Å². The van der Waals surface area contributed by atoms with Gasteiger partial charge in [0.15, 0.2) is 6.10 Å². The van der Waals surface area contributed by atoms with Crippen molar-refractivity contribution < 1.29 is 9.53 Å². The molecule has 104 valence electrons. The molecule has 4 nitrogen and oxygen atoms in total. The standard InChI is InChI=1S/C14H19ClN2O2/c1-10(19-13-6-2-4-11(15)8-13)14(18)17-9-12-5-3-7-16-12/h2,4,6,8,10,12,16H,3,5,7,9H2,1H3,(H,17,18). The Balaban J connectivity index is 1.78. The molecule has 5 heteroatoms. The van der Waals surface area contributed by atoms with Crippen LogP contribution in [0.2, 0.25) is 5.02 Å². The molecule has 1 amide bonds. The van der Waals surface area contributed by atoms with Crippen LogP contribution < -0.4 is 15.4 Å². The SMILES string of the molecule is CC(Oc1cccc(Cl)c1)C(=O)NCC1CCCN1. The maximum absolute atomic E-state index is 11.9. The molecule has 1 aromatic rings. The van der Waals surface area contributed by atoms with Gasteiger partial charge in [-0.2, -0.15) is 0 Å². The van der Waals surface area contributed by atoms with Crippen molar-refractivity contribution in [3.63, 3.8) is 0 Å². The van der Waals surface area contributed by atoms with Gasteiger partial charge in [-0.25, -0.2) is 0 Å². The van der Waals surface area contributed by atoms with E-state index in [9.17, 15) is 4.79 Å². The van der Waals surface area contributed by atoms with Crippen LogP contribution >= 0.6 is 11.6 Å². The molecule has 1 heterocycles. The van der Waals surface area contributed by atoms with Gasteiger partial charge in [0.1, 0.15) is 5.75 Å². The summed E-state index contributed by atoms with van der Waals surface area (Å²) in [5.74, 6) is 0.503. The van der Waals surface area contributed by atoms with Crippen LogP contribution in [0.5, 0.6) is 5.75 Å². The Morgan fingerprint density at radius 3 is 3.16 bits per heavy atom. The van der Waals surface area contributed by atoms with Crippen molar-refractivity contribution in [1.82, 2.24) is 10.6 Å². The van der Waals surface area contributed by atoms with E-state index in [1.165, 1.54) is 6.42 Å². The second-order valence-electron chi connectivity index (χ2n) is 4.76. The molecule has 1 aromatic carbocycles. The van der Waals surface area contributed by atoms with E-state index in [0.29, 0.717) is 23.4 Å². The molecule has 2 atom stereocenters. The quantitative estimate of drug-likeness (QED) is 0.868. The van der Waals surface area contributed by atoms with Gasteiger partial charge in [0.2, 0.25) is 0 Å². The molecule has 2 N–H and O–H groups in total. The van der Waals surface area contributed by atoms with E-state index >= 15 is 0 Å². The first-order valence-corrected chi connectivity index (χ1v) is 6.96. The topological polar surface area (TPSA) is 50.4 Å². The molecule has 1 aliphatic heterocycles. The highest BCUT2D eigenvalue weighted by Crippen LogP contribution is 2.18. The second kappa shape index (κ2) is 6.78. The highest BCUT2D eigenvalue weighted by Gasteiger charge is 2.18. The summed E-state index contributed by atoms with van der Waals surface area (Å²) in [6.45, 7) is 3.43. The minimum Gasteiger partial charge on any atom is -0.481 e. The number of nitrogens with one attached hydrogen (secondary N) is 2. The first-order chi connectivity index (χ1) is 9.15. The maximum Gasteiger partial charge on any atom is 0.260 e. The lowest BCUT2D eigenvalue weighted by Gasteiger charge is -2.17. The van der Waals surface area contributed by atoms with Gasteiger partial charge in [-0.3, -0.25) is 4.79 Å². The molecule has 0 aromatic heterocycles. The van der Waals surface area contributed by atoms with E-state index in [2.05, 4.69) is 10.6 Å². The van der Waals surface area contributed by atoms with E-state index in [0.717, 1.165) is 13.0 Å². The van der Waals surface area contributed by atoms with Crippen LogP contribution in [-0.2, 0) is 4.79 Å². The Morgan fingerprint density at radius 2 is 2.47 bits per heavy atom. The molecule has 1 fully saturated rings. The van der Waals surface area contributed by atoms with Crippen molar-refractivity contribution in [2.75, 3.05) is 13.1 Å². The van der Waals surface area contributed by atoms with E-state index in [1.807, 2.05) is 0 Å². The zero-order valence-electron chi connectivity index (χ0n) is 11.0. The lowest BCUT2D eigenvalue weighted by molar-refractivity contribution is -0.127. The minimum absolute atomic E-state index is 0.103. The van der Waals surface area contributed by atoms with E-state index in [1.54, 1.807) is 31.2 Å². The smallest absolute Gasteiger partial charge is 0.260 e. The highest BCUT2D eigenvalue weighted by atomic mass is 35.5. The molecule has 1 saturated heterocycles. The normalized spacial score (nSPS) is 20.0. The Bertz CT molecular complexity index is 433. The number of rotatable bonds is 5. The van der Waals surface area contributed by atoms with Crippen LogP contribution in [0, 0.1) is 0 Å². The number of ether oxygens (including phenoxy) is 1. The molecule has 0 spiro atoms. The number of carbonyl (C=O) groups excluding carboxylic acids is 1. The fourth-order valence-corrected chi connectivity index (χ4v) is 2.28. The van der Waals surface area contributed by atoms with Crippen molar-refractivity contribution in [2.45, 2.75) is 31.9 Å². The zero-order valence-corrected chi connectivity index (χ0v) is 11.7. The maximum atomic E-state index is 11.9. The molecule has 2 rings (SSSR count). The third-order valence-corrected chi connectivity index (χ3v) is 3.40. The summed E-state index contributed by atoms with van der Waals surface area (Å²) >= 11 is 5.87. The van der Waals surface area contributed by atoms with Crippen molar-refractivity contribution in [3.8, 4) is 5.75 Å². The Morgan fingerprint density at radius 1 is 1.63 bits per heavy atom. The molecule has 0 saturated carbocycles. The number of carbonyl (C=O) groups is 1. The molecular formula is C14H19ClN2O2. The average Bonchev–Trinajstić information content (AvgIpc) is 2.89. The van der Waals surface area contributed by atoms with Crippen LogP contribution in [0.3, 0.4) is 0 Å². The van der Waals surface area contributed by atoms with Crippen molar-refractivity contribution in [1.29, 1.82) is 0 Å². The lowest BCUT2D eigenvalue weighted by atomic mass is 10.2. The first kappa shape index (κ1) is 14.2. The van der Waals surface area contributed by atoms with Crippen LogP contribution in [-0.4, -0.2) is 31.1 Å². The highest BCUT2D eigenvalue weighted by molar-refractivity contribution is 6.30. The summed E-state index contributed by atoms with van der Waals surface area (Å²) in [4.78, 5) is 11.9. The first-order valence-electron chi connectivity index (χ1n) is 6.58. The van der Waals surface area contributed by atoms with Crippen molar-refractivity contribution in [3.05, 3.63) is 29.3 Å². The molecule has 0 radical (unpaired) electrons. The number of amides is 1. The summed E-state index contributed by atoms with van der Waals surface area (Å²) in [7, 11) is 0. The number of benzene rings is 1. The van der Waals surface area contributed by atoms with Crippen molar-refractivity contribution >= 4 is 17.5 Å². The van der Waals surface area contributed by atoms with E-state index in [4.69, 9.17) is 16.3 Å². The number of hydrogen-bond donors (Lipinski definition) is 2. The fourth-order valence-electron chi connectivity index (χ4n) is 2.10. The summed E-state index contributed by atoms with van der Waals surface area (Å²) in [6, 6.07) is 7.44. The minimum atomic E-state index is -0.528. The van der Waals surface area contributed by atoms with E-state index < -0.39 is 6.10 Å². The summed E-state index contributed by atoms with van der Waals surface area (Å²) in [6.07, 6.45) is 1.76. The largest absolute Gasteiger partial charge is 0.481 e. The second-order valence-corrected chi connectivity index (χ2v) is 5.19. The molecule has 0 bridgehead atoms. The van der Waals surface area contributed by atoms with Crippen LogP contribution in [0.1, 0.15) is 19.8 Å². The summed E-state index contributed by atoms with van der Waals surface area (Å²) < 4.78 is 5.56. The van der Waals surface area contributed by atoms with Gasteiger partial charge in [-0.1, -0.05) is 17.7 Å². The molecule has 1 aliphatic rings. The van der Waals surface area contributed by atoms with Gasteiger partial charge in [0, 0.05) is 17.6 Å². The van der Waals surface area contributed by atoms with Crippen molar-refractivity contribution in [2.24, 2.45) is 0 Å². The predicted octanol–water partition coefficient (Wildman–Crippen LogP) is 1.98. The van der Waals surface area contributed by atoms with Crippen LogP contribution in [0.4, 0.5) is 0 Å². The molecular weight excluding hydrogens is 264 g/mol. The Labute approximate surface area is 118 Å². The average molecular weight is 283 g/mol. The Kier molecular flexibility index (Phi) is 5.05. The Hall–Kier alpha value is -1.26. The third kappa shape index (κ3) is 4.40. The molecule has 2 unspecified atom stereocenters. The molecule has 0 aliphatic carbocycles. The molecule has 19 heavy (non-hydrogen) atoms. The number of hydrogen-bond acceptors (Lipinski definition) is 3. The zero-order chi connectivity index (χ0) is 13.7. The summed E-state index contributed by atoms with van der Waals surface area (Å²) in [5.41, 5.74) is 0. The summed E-state index contributed by atoms with van der Waals surface area (Å²) in [5, 5.41) is 6.83. The third-order valence-electron chi connectivity index (χ3n) is 3.16. The van der Waals surface area contributed by atoms with Gasteiger partial charge in [-0.05, 0) is 44.5 Å². The van der Waals surface area contributed by atoms with Crippen LogP contribution in [0.15, 0.2) is 24.3 Å². The van der Waals surface area contributed by atoms with Gasteiger partial charge in [0.05, 0.1) is 0 Å². The predicted molar refractivity (Wildman–Crippen MR) is 75.6 cm³/mol. The lowest BCUT2D eigenvalue weighted by Crippen LogP contribution is -2.42. The number of halogens is 1. The van der Waals surface area contributed by atoms with Gasteiger partial charge >= 0.3 is 0 Å². The fraction of sp³-hybridized carbons (Fsp3) is 0.500.